The molecular formula is C14H19ClN2O2S. The van der Waals surface area contributed by atoms with Crippen LogP contribution in [0.1, 0.15) is 18.3 Å². The Morgan fingerprint density at radius 1 is 1.35 bits per heavy atom. The van der Waals surface area contributed by atoms with E-state index in [9.17, 15) is 8.42 Å². The summed E-state index contributed by atoms with van der Waals surface area (Å²) in [7, 11) is -2.99. The standard InChI is InChI=1S/C14H19ClN2O2S/c1-3-20(18,19)10-9-17-13(7-8-15)16-12-6-4-5-11(2)14(12)17/h4-6H,3,7-10H2,1-2H3. The molecule has 0 fully saturated rings. The van der Waals surface area contributed by atoms with Crippen LogP contribution in [0.5, 0.6) is 0 Å². The third kappa shape index (κ3) is 3.15. The van der Waals surface area contributed by atoms with Crippen LogP contribution in [0.2, 0.25) is 0 Å². The predicted molar refractivity (Wildman–Crippen MR) is 83.2 cm³/mol. The van der Waals surface area contributed by atoms with Crippen molar-refractivity contribution in [2.45, 2.75) is 26.8 Å². The number of aromatic nitrogens is 2. The van der Waals surface area contributed by atoms with Gasteiger partial charge >= 0.3 is 0 Å². The predicted octanol–water partition coefficient (Wildman–Crippen LogP) is 2.56. The third-order valence-electron chi connectivity index (χ3n) is 3.43. The van der Waals surface area contributed by atoms with Crippen molar-refractivity contribution >= 4 is 32.5 Å². The number of imidazole rings is 1. The van der Waals surface area contributed by atoms with Crippen molar-refractivity contribution in [3.8, 4) is 0 Å². The molecule has 0 bridgehead atoms. The van der Waals surface area contributed by atoms with Crippen molar-refractivity contribution in [1.82, 2.24) is 9.55 Å². The quantitative estimate of drug-likeness (QED) is 0.770. The monoisotopic (exact) mass is 314 g/mol. The number of hydrogen-bond acceptors (Lipinski definition) is 3. The summed E-state index contributed by atoms with van der Waals surface area (Å²) in [6.45, 7) is 4.12. The van der Waals surface area contributed by atoms with Crippen LogP contribution in [-0.4, -0.2) is 35.4 Å². The van der Waals surface area contributed by atoms with Crippen LogP contribution in [0.15, 0.2) is 18.2 Å². The molecule has 0 atom stereocenters. The average Bonchev–Trinajstić information content (AvgIpc) is 2.76. The summed E-state index contributed by atoms with van der Waals surface area (Å²) in [5.41, 5.74) is 3.02. The normalized spacial score (nSPS) is 12.2. The summed E-state index contributed by atoms with van der Waals surface area (Å²) in [6, 6.07) is 5.92. The summed E-state index contributed by atoms with van der Waals surface area (Å²) >= 11 is 5.82. The smallest absolute Gasteiger partial charge is 0.151 e. The first-order valence-corrected chi connectivity index (χ1v) is 9.05. The van der Waals surface area contributed by atoms with E-state index < -0.39 is 9.84 Å². The zero-order valence-corrected chi connectivity index (χ0v) is 13.3. The molecule has 0 aliphatic heterocycles. The molecule has 0 N–H and O–H groups in total. The maximum Gasteiger partial charge on any atom is 0.151 e. The van der Waals surface area contributed by atoms with Gasteiger partial charge in [0.2, 0.25) is 0 Å². The van der Waals surface area contributed by atoms with Crippen LogP contribution < -0.4 is 0 Å². The average molecular weight is 315 g/mol. The number of aryl methyl sites for hydroxylation is 3. The second kappa shape index (κ2) is 6.14. The van der Waals surface area contributed by atoms with Gasteiger partial charge in [0.15, 0.2) is 9.84 Å². The maximum atomic E-state index is 11.7. The maximum absolute atomic E-state index is 11.7. The molecule has 1 aromatic heterocycles. The Morgan fingerprint density at radius 3 is 2.75 bits per heavy atom. The van der Waals surface area contributed by atoms with Crippen LogP contribution in [-0.2, 0) is 22.8 Å². The van der Waals surface area contributed by atoms with E-state index in [0.717, 1.165) is 22.4 Å². The summed E-state index contributed by atoms with van der Waals surface area (Å²) in [5.74, 6) is 1.64. The van der Waals surface area contributed by atoms with E-state index in [1.165, 1.54) is 0 Å². The zero-order chi connectivity index (χ0) is 14.8. The molecule has 0 aliphatic carbocycles. The topological polar surface area (TPSA) is 52.0 Å². The first kappa shape index (κ1) is 15.3. The molecule has 4 nitrogen and oxygen atoms in total. The van der Waals surface area contributed by atoms with Crippen molar-refractivity contribution in [3.05, 3.63) is 29.6 Å². The van der Waals surface area contributed by atoms with Gasteiger partial charge in [-0.3, -0.25) is 0 Å². The van der Waals surface area contributed by atoms with E-state index in [1.54, 1.807) is 6.92 Å². The molecule has 110 valence electrons. The molecule has 2 aromatic rings. The Hall–Kier alpha value is -1.07. The Kier molecular flexibility index (Phi) is 4.70. The van der Waals surface area contributed by atoms with Gasteiger partial charge in [-0.25, -0.2) is 13.4 Å². The molecule has 0 unspecified atom stereocenters. The van der Waals surface area contributed by atoms with E-state index in [2.05, 4.69) is 4.98 Å². The first-order chi connectivity index (χ1) is 9.48. The number of fused-ring (bicyclic) bond motifs is 1. The number of para-hydroxylation sites is 1. The van der Waals surface area contributed by atoms with Gasteiger partial charge in [0.25, 0.3) is 0 Å². The molecule has 1 aromatic carbocycles. The minimum atomic E-state index is -2.99. The zero-order valence-electron chi connectivity index (χ0n) is 11.8. The Bertz CT molecular complexity index is 707. The number of alkyl halides is 1. The van der Waals surface area contributed by atoms with Crippen LogP contribution in [0.4, 0.5) is 0 Å². The lowest BCUT2D eigenvalue weighted by Gasteiger charge is -2.10. The third-order valence-corrected chi connectivity index (χ3v) is 5.30. The Labute approximate surface area is 124 Å². The van der Waals surface area contributed by atoms with Crippen LogP contribution in [0.25, 0.3) is 11.0 Å². The lowest BCUT2D eigenvalue weighted by Crippen LogP contribution is -2.16. The van der Waals surface area contributed by atoms with Crippen LogP contribution in [0, 0.1) is 6.92 Å². The molecule has 20 heavy (non-hydrogen) atoms. The van der Waals surface area contributed by atoms with Gasteiger partial charge < -0.3 is 4.57 Å². The molecule has 0 radical (unpaired) electrons. The number of benzene rings is 1. The summed E-state index contributed by atoms with van der Waals surface area (Å²) in [4.78, 5) is 4.57. The highest BCUT2D eigenvalue weighted by Gasteiger charge is 2.15. The molecule has 1 heterocycles. The number of rotatable bonds is 6. The SMILES string of the molecule is CCS(=O)(=O)CCn1c(CCCl)nc2cccc(C)c21. The number of halogens is 1. The summed E-state index contributed by atoms with van der Waals surface area (Å²) < 4.78 is 25.4. The second-order valence-electron chi connectivity index (χ2n) is 4.80. The van der Waals surface area contributed by atoms with Crippen molar-refractivity contribution in [3.63, 3.8) is 0 Å². The van der Waals surface area contributed by atoms with Crippen molar-refractivity contribution in [2.24, 2.45) is 0 Å². The van der Waals surface area contributed by atoms with Crippen molar-refractivity contribution in [2.75, 3.05) is 17.4 Å². The largest absolute Gasteiger partial charge is 0.327 e. The van der Waals surface area contributed by atoms with Crippen LogP contribution >= 0.6 is 11.6 Å². The summed E-state index contributed by atoms with van der Waals surface area (Å²) in [6.07, 6.45) is 0.641. The molecule has 2 rings (SSSR count). The minimum absolute atomic E-state index is 0.137. The Morgan fingerprint density at radius 2 is 2.10 bits per heavy atom. The first-order valence-electron chi connectivity index (χ1n) is 6.69. The highest BCUT2D eigenvalue weighted by molar-refractivity contribution is 7.91. The second-order valence-corrected chi connectivity index (χ2v) is 7.65. The fraction of sp³-hybridized carbons (Fsp3) is 0.500. The fourth-order valence-corrected chi connectivity index (χ4v) is 3.22. The number of sulfone groups is 1. The highest BCUT2D eigenvalue weighted by atomic mass is 35.5. The Balaban J connectivity index is 2.45. The van der Waals surface area contributed by atoms with Gasteiger partial charge in [-0.05, 0) is 18.6 Å². The lowest BCUT2D eigenvalue weighted by atomic mass is 10.2. The molecule has 0 spiro atoms. The van der Waals surface area contributed by atoms with Gasteiger partial charge in [0.1, 0.15) is 5.82 Å². The molecular weight excluding hydrogens is 296 g/mol. The van der Waals surface area contributed by atoms with Crippen molar-refractivity contribution in [1.29, 1.82) is 0 Å². The minimum Gasteiger partial charge on any atom is -0.327 e. The lowest BCUT2D eigenvalue weighted by molar-refractivity contribution is 0.589. The number of hydrogen-bond donors (Lipinski definition) is 0. The highest BCUT2D eigenvalue weighted by Crippen LogP contribution is 2.21. The number of nitrogens with zero attached hydrogens (tertiary/aromatic N) is 2. The van der Waals surface area contributed by atoms with E-state index in [-0.39, 0.29) is 11.5 Å². The van der Waals surface area contributed by atoms with E-state index in [1.807, 2.05) is 29.7 Å². The van der Waals surface area contributed by atoms with Crippen LogP contribution in [0.3, 0.4) is 0 Å². The molecule has 0 saturated heterocycles. The van der Waals surface area contributed by atoms with E-state index in [4.69, 9.17) is 11.6 Å². The summed E-state index contributed by atoms with van der Waals surface area (Å²) in [5, 5.41) is 0. The van der Waals surface area contributed by atoms with Gasteiger partial charge in [0, 0.05) is 24.6 Å². The van der Waals surface area contributed by atoms with Gasteiger partial charge in [-0.15, -0.1) is 11.6 Å². The molecule has 0 amide bonds. The van der Waals surface area contributed by atoms with E-state index in [0.29, 0.717) is 18.8 Å². The molecule has 0 aliphatic rings. The van der Waals surface area contributed by atoms with Gasteiger partial charge in [-0.2, -0.15) is 0 Å². The van der Waals surface area contributed by atoms with Gasteiger partial charge in [0.05, 0.1) is 16.8 Å². The molecule has 6 heteroatoms. The molecule has 0 saturated carbocycles. The van der Waals surface area contributed by atoms with Gasteiger partial charge in [-0.1, -0.05) is 19.1 Å². The fourth-order valence-electron chi connectivity index (χ4n) is 2.30. The van der Waals surface area contributed by atoms with E-state index >= 15 is 0 Å². The van der Waals surface area contributed by atoms with Crippen molar-refractivity contribution < 1.29 is 8.42 Å².